The number of carbonyl (C=O) groups is 1. The highest BCUT2D eigenvalue weighted by atomic mass is 35.5. The van der Waals surface area contributed by atoms with Crippen molar-refractivity contribution >= 4 is 17.6 Å². The highest BCUT2D eigenvalue weighted by Gasteiger charge is 2.13. The number of benzene rings is 1. The van der Waals surface area contributed by atoms with Crippen molar-refractivity contribution in [2.24, 2.45) is 0 Å². The second-order valence-electron chi connectivity index (χ2n) is 3.37. The summed E-state index contributed by atoms with van der Waals surface area (Å²) >= 11 is 5.71. The quantitative estimate of drug-likeness (QED) is 0.900. The summed E-state index contributed by atoms with van der Waals surface area (Å²) in [5.41, 5.74) is -1.47. The van der Waals surface area contributed by atoms with Crippen molar-refractivity contribution in [2.45, 2.75) is 0 Å². The van der Waals surface area contributed by atoms with Gasteiger partial charge in [-0.3, -0.25) is 4.79 Å². The minimum Gasteiger partial charge on any atom is -0.476 e. The van der Waals surface area contributed by atoms with Crippen LogP contribution in [0.4, 0.5) is 4.39 Å². The van der Waals surface area contributed by atoms with Gasteiger partial charge in [-0.05, 0) is 18.2 Å². The number of aromatic nitrogens is 2. The minimum absolute atomic E-state index is 0.0370. The van der Waals surface area contributed by atoms with Crippen molar-refractivity contribution in [2.75, 3.05) is 0 Å². The molecule has 0 bridgehead atoms. The van der Waals surface area contributed by atoms with Gasteiger partial charge in [0, 0.05) is 17.3 Å². The number of nitrogens with zero attached hydrogens (tertiary/aromatic N) is 2. The standard InChI is InChI=1S/C11H6ClFN2O3/c12-6-1-2-7(13)8(5-6)15-4-3-9(16)10(14-15)11(17)18/h1-5H,(H,17,18). The Kier molecular flexibility index (Phi) is 3.12. The zero-order valence-electron chi connectivity index (χ0n) is 8.80. The maximum atomic E-state index is 13.5. The molecule has 0 radical (unpaired) electrons. The monoisotopic (exact) mass is 268 g/mol. The number of hydrogen-bond donors (Lipinski definition) is 1. The topological polar surface area (TPSA) is 72.2 Å². The van der Waals surface area contributed by atoms with Gasteiger partial charge in [0.2, 0.25) is 11.1 Å². The first kappa shape index (κ1) is 12.3. The lowest BCUT2D eigenvalue weighted by atomic mass is 10.3. The molecule has 0 spiro atoms. The Morgan fingerprint density at radius 2 is 2.11 bits per heavy atom. The fourth-order valence-corrected chi connectivity index (χ4v) is 1.52. The van der Waals surface area contributed by atoms with E-state index in [4.69, 9.17) is 16.7 Å². The van der Waals surface area contributed by atoms with E-state index >= 15 is 0 Å². The van der Waals surface area contributed by atoms with Gasteiger partial charge in [-0.1, -0.05) is 11.6 Å². The summed E-state index contributed by atoms with van der Waals surface area (Å²) < 4.78 is 14.5. The predicted octanol–water partition coefficient (Wildman–Crippen LogP) is 1.72. The Morgan fingerprint density at radius 3 is 2.78 bits per heavy atom. The van der Waals surface area contributed by atoms with E-state index in [1.54, 1.807) is 0 Å². The van der Waals surface area contributed by atoms with Crippen LogP contribution in [0.25, 0.3) is 5.69 Å². The van der Waals surface area contributed by atoms with E-state index in [2.05, 4.69) is 5.10 Å². The number of rotatable bonds is 2. The second-order valence-corrected chi connectivity index (χ2v) is 3.81. The molecule has 1 heterocycles. The molecule has 1 N–H and O–H groups in total. The van der Waals surface area contributed by atoms with Crippen LogP contribution in [-0.2, 0) is 0 Å². The average Bonchev–Trinajstić information content (AvgIpc) is 2.33. The third-order valence-electron chi connectivity index (χ3n) is 2.17. The number of carboxylic acid groups (broad SMARTS) is 1. The van der Waals surface area contributed by atoms with Gasteiger partial charge >= 0.3 is 5.97 Å². The molecule has 1 aromatic heterocycles. The molecule has 0 fully saturated rings. The van der Waals surface area contributed by atoms with Crippen molar-refractivity contribution in [3.63, 3.8) is 0 Å². The molecule has 1 aromatic carbocycles. The van der Waals surface area contributed by atoms with Crippen LogP contribution in [0.5, 0.6) is 0 Å². The summed E-state index contributed by atoms with van der Waals surface area (Å²) in [7, 11) is 0. The first-order valence-electron chi connectivity index (χ1n) is 4.78. The Bertz CT molecular complexity index is 684. The van der Waals surface area contributed by atoms with Gasteiger partial charge in [-0.15, -0.1) is 0 Å². The third-order valence-corrected chi connectivity index (χ3v) is 2.40. The van der Waals surface area contributed by atoms with Crippen LogP contribution in [0, 0.1) is 5.82 Å². The van der Waals surface area contributed by atoms with E-state index in [0.717, 1.165) is 16.8 Å². The molecule has 0 aliphatic carbocycles. The first-order chi connectivity index (χ1) is 8.49. The molecular weight excluding hydrogens is 263 g/mol. The molecule has 18 heavy (non-hydrogen) atoms. The molecule has 0 saturated heterocycles. The Labute approximate surface area is 105 Å². The van der Waals surface area contributed by atoms with Crippen LogP contribution in [0.3, 0.4) is 0 Å². The summed E-state index contributed by atoms with van der Waals surface area (Å²) in [6, 6.07) is 4.75. The molecule has 0 atom stereocenters. The van der Waals surface area contributed by atoms with E-state index in [1.165, 1.54) is 18.3 Å². The van der Waals surface area contributed by atoms with Gasteiger partial charge in [0.1, 0.15) is 11.5 Å². The average molecular weight is 269 g/mol. The summed E-state index contributed by atoms with van der Waals surface area (Å²) in [5.74, 6) is -2.11. The first-order valence-corrected chi connectivity index (χ1v) is 5.15. The van der Waals surface area contributed by atoms with E-state index in [-0.39, 0.29) is 10.7 Å². The molecule has 2 rings (SSSR count). The lowest BCUT2D eigenvalue weighted by Crippen LogP contribution is -2.20. The molecular formula is C11H6ClFN2O3. The lowest BCUT2D eigenvalue weighted by Gasteiger charge is -2.07. The van der Waals surface area contributed by atoms with Gasteiger partial charge in [0.15, 0.2) is 0 Å². The Hall–Kier alpha value is -2.21. The van der Waals surface area contributed by atoms with Crippen LogP contribution in [-0.4, -0.2) is 20.9 Å². The third kappa shape index (κ3) is 2.23. The fraction of sp³-hybridized carbons (Fsp3) is 0. The van der Waals surface area contributed by atoms with Crippen LogP contribution < -0.4 is 5.43 Å². The number of aromatic carboxylic acids is 1. The number of hydrogen-bond acceptors (Lipinski definition) is 3. The normalized spacial score (nSPS) is 10.3. The van der Waals surface area contributed by atoms with Gasteiger partial charge in [-0.2, -0.15) is 5.10 Å². The Balaban J connectivity index is 2.65. The summed E-state index contributed by atoms with van der Waals surface area (Å²) in [6.45, 7) is 0. The molecule has 0 amide bonds. The van der Waals surface area contributed by atoms with Crippen LogP contribution in [0.2, 0.25) is 5.02 Å². The molecule has 0 aliphatic rings. The summed E-state index contributed by atoms with van der Waals surface area (Å²) in [6.07, 6.45) is 1.17. The van der Waals surface area contributed by atoms with Crippen molar-refractivity contribution in [1.82, 2.24) is 9.78 Å². The van der Waals surface area contributed by atoms with E-state index in [9.17, 15) is 14.0 Å². The minimum atomic E-state index is -1.48. The van der Waals surface area contributed by atoms with Gasteiger partial charge in [0.05, 0.1) is 0 Å². The molecule has 92 valence electrons. The molecule has 0 unspecified atom stereocenters. The molecule has 7 heteroatoms. The maximum Gasteiger partial charge on any atom is 0.360 e. The fourth-order valence-electron chi connectivity index (χ4n) is 1.35. The highest BCUT2D eigenvalue weighted by molar-refractivity contribution is 6.30. The van der Waals surface area contributed by atoms with Crippen molar-refractivity contribution < 1.29 is 14.3 Å². The van der Waals surface area contributed by atoms with Crippen molar-refractivity contribution in [3.8, 4) is 5.69 Å². The summed E-state index contributed by atoms with van der Waals surface area (Å²) in [4.78, 5) is 22.0. The lowest BCUT2D eigenvalue weighted by molar-refractivity contribution is 0.0686. The molecule has 2 aromatic rings. The zero-order chi connectivity index (χ0) is 13.3. The highest BCUT2D eigenvalue weighted by Crippen LogP contribution is 2.17. The van der Waals surface area contributed by atoms with Crippen molar-refractivity contribution in [1.29, 1.82) is 0 Å². The van der Waals surface area contributed by atoms with Gasteiger partial charge in [0.25, 0.3) is 0 Å². The number of carboxylic acids is 1. The zero-order valence-corrected chi connectivity index (χ0v) is 9.56. The molecule has 5 nitrogen and oxygen atoms in total. The second kappa shape index (κ2) is 4.58. The van der Waals surface area contributed by atoms with Gasteiger partial charge < -0.3 is 5.11 Å². The summed E-state index contributed by atoms with van der Waals surface area (Å²) in [5, 5.41) is 12.6. The largest absolute Gasteiger partial charge is 0.476 e. The Morgan fingerprint density at radius 1 is 1.39 bits per heavy atom. The van der Waals surface area contributed by atoms with Crippen molar-refractivity contribution in [3.05, 3.63) is 57.2 Å². The van der Waals surface area contributed by atoms with E-state index in [1.807, 2.05) is 0 Å². The molecule has 0 aliphatic heterocycles. The van der Waals surface area contributed by atoms with E-state index in [0.29, 0.717) is 0 Å². The van der Waals surface area contributed by atoms with Crippen LogP contribution >= 0.6 is 11.6 Å². The SMILES string of the molecule is O=C(O)c1nn(-c2cc(Cl)ccc2F)ccc1=O. The smallest absolute Gasteiger partial charge is 0.360 e. The van der Waals surface area contributed by atoms with Crippen LogP contribution in [0.1, 0.15) is 10.5 Å². The van der Waals surface area contributed by atoms with E-state index < -0.39 is 22.9 Å². The van der Waals surface area contributed by atoms with Gasteiger partial charge in [-0.25, -0.2) is 13.9 Å². The predicted molar refractivity (Wildman–Crippen MR) is 61.8 cm³/mol. The number of halogens is 2. The van der Waals surface area contributed by atoms with Crippen LogP contribution in [0.15, 0.2) is 35.3 Å². The maximum absolute atomic E-state index is 13.5. The molecule has 0 saturated carbocycles.